The van der Waals surface area contributed by atoms with E-state index >= 15 is 0 Å². The monoisotopic (exact) mass is 275 g/mol. The van der Waals surface area contributed by atoms with Gasteiger partial charge in [0.1, 0.15) is 0 Å². The number of nitrogens with zero attached hydrogens (tertiary/aromatic N) is 1. The standard InChI is InChI=1S/C16H25N3O/c1-12-7-6-8-13(2)19(12)18-16(20)15(17)11-14-9-4-3-5-10-14/h3-5,9-10,12-13,15H,6-8,11,17H2,1-2H3,(H,18,20)/t12?,13?,15-/m0/s1. The van der Waals surface area contributed by atoms with E-state index in [-0.39, 0.29) is 5.91 Å². The average Bonchev–Trinajstić information content (AvgIpc) is 2.44. The van der Waals surface area contributed by atoms with Crippen LogP contribution in [-0.2, 0) is 11.2 Å². The molecule has 2 rings (SSSR count). The zero-order chi connectivity index (χ0) is 14.5. The molecule has 3 N–H and O–H groups in total. The van der Waals surface area contributed by atoms with Crippen molar-refractivity contribution in [1.29, 1.82) is 0 Å². The Morgan fingerprint density at radius 2 is 1.90 bits per heavy atom. The van der Waals surface area contributed by atoms with Gasteiger partial charge in [0, 0.05) is 12.1 Å². The van der Waals surface area contributed by atoms with E-state index in [0.717, 1.165) is 18.4 Å². The predicted octanol–water partition coefficient (Wildman–Crippen LogP) is 1.85. The highest BCUT2D eigenvalue weighted by Gasteiger charge is 2.27. The fourth-order valence-electron chi connectivity index (χ4n) is 2.81. The maximum Gasteiger partial charge on any atom is 0.251 e. The van der Waals surface area contributed by atoms with Gasteiger partial charge in [-0.15, -0.1) is 0 Å². The molecule has 1 aromatic carbocycles. The molecule has 0 aliphatic carbocycles. The quantitative estimate of drug-likeness (QED) is 0.881. The van der Waals surface area contributed by atoms with Crippen molar-refractivity contribution in [1.82, 2.24) is 10.4 Å². The van der Waals surface area contributed by atoms with Crippen LogP contribution in [0.1, 0.15) is 38.7 Å². The molecule has 1 fully saturated rings. The van der Waals surface area contributed by atoms with Crippen LogP contribution in [0.15, 0.2) is 30.3 Å². The number of hydrazine groups is 1. The fraction of sp³-hybridized carbons (Fsp3) is 0.562. The third-order valence-corrected chi connectivity index (χ3v) is 4.07. The molecule has 1 saturated heterocycles. The summed E-state index contributed by atoms with van der Waals surface area (Å²) in [6.45, 7) is 4.30. The lowest BCUT2D eigenvalue weighted by Gasteiger charge is -2.39. The number of hydrogen-bond donors (Lipinski definition) is 2. The Kier molecular flexibility index (Phi) is 5.15. The lowest BCUT2D eigenvalue weighted by atomic mass is 9.99. The van der Waals surface area contributed by atoms with Gasteiger partial charge in [0.15, 0.2) is 0 Å². The van der Waals surface area contributed by atoms with Gasteiger partial charge in [0.05, 0.1) is 6.04 Å². The molecule has 110 valence electrons. The molecule has 1 aliphatic heterocycles. The maximum atomic E-state index is 12.2. The lowest BCUT2D eigenvalue weighted by Crippen LogP contribution is -2.57. The van der Waals surface area contributed by atoms with E-state index in [0.29, 0.717) is 18.5 Å². The van der Waals surface area contributed by atoms with Gasteiger partial charge in [-0.1, -0.05) is 36.8 Å². The lowest BCUT2D eigenvalue weighted by molar-refractivity contribution is -0.130. The summed E-state index contributed by atoms with van der Waals surface area (Å²) in [5.74, 6) is -0.0885. The van der Waals surface area contributed by atoms with E-state index in [1.165, 1.54) is 6.42 Å². The van der Waals surface area contributed by atoms with Crippen molar-refractivity contribution in [2.75, 3.05) is 0 Å². The Morgan fingerprint density at radius 3 is 2.50 bits per heavy atom. The smallest absolute Gasteiger partial charge is 0.251 e. The van der Waals surface area contributed by atoms with Crippen molar-refractivity contribution in [3.63, 3.8) is 0 Å². The number of rotatable bonds is 4. The first-order chi connectivity index (χ1) is 9.58. The van der Waals surface area contributed by atoms with Gasteiger partial charge in [-0.2, -0.15) is 0 Å². The molecule has 1 aliphatic rings. The Labute approximate surface area is 121 Å². The summed E-state index contributed by atoms with van der Waals surface area (Å²) < 4.78 is 0. The van der Waals surface area contributed by atoms with Crippen LogP contribution < -0.4 is 11.2 Å². The first-order valence-electron chi connectivity index (χ1n) is 7.46. The first kappa shape index (κ1) is 15.0. The maximum absolute atomic E-state index is 12.2. The topological polar surface area (TPSA) is 58.4 Å². The highest BCUT2D eigenvalue weighted by Crippen LogP contribution is 2.20. The average molecular weight is 275 g/mol. The van der Waals surface area contributed by atoms with Crippen LogP contribution in [-0.4, -0.2) is 29.0 Å². The molecule has 1 amide bonds. The molecule has 0 spiro atoms. The third-order valence-electron chi connectivity index (χ3n) is 4.07. The summed E-state index contributed by atoms with van der Waals surface area (Å²) >= 11 is 0. The van der Waals surface area contributed by atoms with Crippen molar-refractivity contribution in [3.8, 4) is 0 Å². The summed E-state index contributed by atoms with van der Waals surface area (Å²) in [6.07, 6.45) is 4.05. The molecule has 2 unspecified atom stereocenters. The van der Waals surface area contributed by atoms with Crippen LogP contribution in [0.3, 0.4) is 0 Å². The number of piperidine rings is 1. The van der Waals surface area contributed by atoms with Gasteiger partial charge >= 0.3 is 0 Å². The van der Waals surface area contributed by atoms with Crippen molar-refractivity contribution in [2.24, 2.45) is 5.73 Å². The van der Waals surface area contributed by atoms with Crippen LogP contribution in [0.5, 0.6) is 0 Å². The number of carbonyl (C=O) groups is 1. The van der Waals surface area contributed by atoms with Gasteiger partial charge < -0.3 is 5.73 Å². The van der Waals surface area contributed by atoms with E-state index in [1.807, 2.05) is 30.3 Å². The van der Waals surface area contributed by atoms with Crippen molar-refractivity contribution < 1.29 is 4.79 Å². The SMILES string of the molecule is CC1CCCC(C)N1NC(=O)[C@@H](N)Cc1ccccc1. The number of benzene rings is 1. The molecule has 4 heteroatoms. The minimum Gasteiger partial charge on any atom is -0.320 e. The minimum atomic E-state index is -0.501. The molecular formula is C16H25N3O. The zero-order valence-electron chi connectivity index (χ0n) is 12.4. The summed E-state index contributed by atoms with van der Waals surface area (Å²) in [5, 5.41) is 2.07. The van der Waals surface area contributed by atoms with Crippen molar-refractivity contribution in [2.45, 2.75) is 57.7 Å². The molecule has 0 bridgehead atoms. The molecule has 20 heavy (non-hydrogen) atoms. The van der Waals surface area contributed by atoms with Gasteiger partial charge in [-0.05, 0) is 38.7 Å². The number of hydrogen-bond acceptors (Lipinski definition) is 3. The molecule has 1 aromatic rings. The van der Waals surface area contributed by atoms with E-state index in [2.05, 4.69) is 24.3 Å². The summed E-state index contributed by atoms with van der Waals surface area (Å²) in [6, 6.07) is 10.2. The van der Waals surface area contributed by atoms with Gasteiger partial charge in [0.25, 0.3) is 5.91 Å². The van der Waals surface area contributed by atoms with E-state index < -0.39 is 6.04 Å². The second-order valence-electron chi connectivity index (χ2n) is 5.81. The van der Waals surface area contributed by atoms with Crippen LogP contribution >= 0.6 is 0 Å². The molecule has 3 atom stereocenters. The molecule has 0 saturated carbocycles. The van der Waals surface area contributed by atoms with Crippen molar-refractivity contribution in [3.05, 3.63) is 35.9 Å². The molecule has 1 heterocycles. The molecular weight excluding hydrogens is 250 g/mol. The second kappa shape index (κ2) is 6.86. The van der Waals surface area contributed by atoms with Crippen LogP contribution in [0.2, 0.25) is 0 Å². The largest absolute Gasteiger partial charge is 0.320 e. The van der Waals surface area contributed by atoms with Gasteiger partial charge in [-0.25, -0.2) is 5.01 Å². The summed E-state index contributed by atoms with van der Waals surface area (Å²) in [7, 11) is 0. The highest BCUT2D eigenvalue weighted by atomic mass is 16.2. The van der Waals surface area contributed by atoms with E-state index in [9.17, 15) is 4.79 Å². The molecule has 4 nitrogen and oxygen atoms in total. The van der Waals surface area contributed by atoms with E-state index in [1.54, 1.807) is 0 Å². The van der Waals surface area contributed by atoms with Crippen LogP contribution in [0, 0.1) is 0 Å². The van der Waals surface area contributed by atoms with Crippen LogP contribution in [0.4, 0.5) is 0 Å². The normalized spacial score (nSPS) is 25.1. The highest BCUT2D eigenvalue weighted by molar-refractivity contribution is 5.81. The predicted molar refractivity (Wildman–Crippen MR) is 80.9 cm³/mol. The third kappa shape index (κ3) is 3.81. The van der Waals surface area contributed by atoms with Gasteiger partial charge in [0.2, 0.25) is 0 Å². The Hall–Kier alpha value is -1.39. The number of nitrogens with two attached hydrogens (primary N) is 1. The Balaban J connectivity index is 1.90. The Morgan fingerprint density at radius 1 is 1.30 bits per heavy atom. The Bertz CT molecular complexity index is 425. The van der Waals surface area contributed by atoms with Crippen LogP contribution in [0.25, 0.3) is 0 Å². The first-order valence-corrected chi connectivity index (χ1v) is 7.46. The number of carbonyl (C=O) groups excluding carboxylic acids is 1. The minimum absolute atomic E-state index is 0.0885. The molecule has 0 radical (unpaired) electrons. The summed E-state index contributed by atoms with van der Waals surface area (Å²) in [4.78, 5) is 12.2. The fourth-order valence-corrected chi connectivity index (χ4v) is 2.81. The zero-order valence-corrected chi connectivity index (χ0v) is 12.4. The van der Waals surface area contributed by atoms with E-state index in [4.69, 9.17) is 5.73 Å². The second-order valence-corrected chi connectivity index (χ2v) is 5.81. The van der Waals surface area contributed by atoms with Gasteiger partial charge in [-0.3, -0.25) is 10.2 Å². The van der Waals surface area contributed by atoms with Crippen molar-refractivity contribution >= 4 is 5.91 Å². The number of amides is 1. The summed E-state index contributed by atoms with van der Waals surface area (Å²) in [5.41, 5.74) is 10.1. The number of nitrogens with one attached hydrogen (secondary N) is 1. The molecule has 0 aromatic heterocycles.